The summed E-state index contributed by atoms with van der Waals surface area (Å²) < 4.78 is 43.0. The highest BCUT2D eigenvalue weighted by Crippen LogP contribution is 2.30. The number of rotatable bonds is 8. The van der Waals surface area contributed by atoms with E-state index in [0.717, 1.165) is 22.2 Å². The van der Waals surface area contributed by atoms with Gasteiger partial charge >= 0.3 is 12.1 Å². The Labute approximate surface area is 196 Å². The number of nitrogens with one attached hydrogen (secondary N) is 2. The number of aromatic amines is 1. The van der Waals surface area contributed by atoms with Crippen LogP contribution in [0, 0.1) is 6.92 Å². The number of ether oxygens (including phenoxy) is 1. The maximum atomic E-state index is 12.7. The predicted molar refractivity (Wildman–Crippen MR) is 122 cm³/mol. The number of alkyl halides is 3. The topological polar surface area (TPSA) is 119 Å². The van der Waals surface area contributed by atoms with Crippen molar-refractivity contribution in [1.29, 1.82) is 0 Å². The maximum Gasteiger partial charge on any atom is 0.490 e. The number of anilines is 1. The smallest absolute Gasteiger partial charge is 0.449 e. The molecule has 0 radical (unpaired) electrons. The average molecular weight is 491 g/mol. The lowest BCUT2D eigenvalue weighted by Crippen LogP contribution is -2.37. The monoisotopic (exact) mass is 490 g/mol. The Balaban J connectivity index is 1.40. The van der Waals surface area contributed by atoms with Crippen LogP contribution in [0.25, 0.3) is 21.5 Å². The van der Waals surface area contributed by atoms with E-state index in [1.807, 2.05) is 25.1 Å². The van der Waals surface area contributed by atoms with Gasteiger partial charge in [-0.25, -0.2) is 4.79 Å². The number of carbonyl (C=O) groups is 1. The van der Waals surface area contributed by atoms with Crippen LogP contribution in [-0.2, 0) is 9.53 Å². The maximum absolute atomic E-state index is 12.7. The molecule has 12 heteroatoms. The zero-order valence-corrected chi connectivity index (χ0v) is 18.8. The van der Waals surface area contributed by atoms with Crippen LogP contribution in [0.3, 0.4) is 0 Å². The van der Waals surface area contributed by atoms with Crippen LogP contribution >= 0.6 is 11.3 Å². The van der Waals surface area contributed by atoms with Gasteiger partial charge in [-0.2, -0.15) is 18.3 Å². The fraction of sp³-hybridized carbons (Fsp3) is 0.273. The largest absolute Gasteiger partial charge is 0.490 e. The molecule has 34 heavy (non-hydrogen) atoms. The van der Waals surface area contributed by atoms with E-state index in [1.165, 1.54) is 11.3 Å². The molecule has 0 saturated carbocycles. The molecule has 0 aliphatic carbocycles. The van der Waals surface area contributed by atoms with Gasteiger partial charge in [0.15, 0.2) is 0 Å². The summed E-state index contributed by atoms with van der Waals surface area (Å²) in [6, 6.07) is 13.0. The van der Waals surface area contributed by atoms with E-state index >= 15 is 0 Å². The van der Waals surface area contributed by atoms with Crippen LogP contribution in [0.4, 0.5) is 18.3 Å². The van der Waals surface area contributed by atoms with Gasteiger partial charge in [0.05, 0.1) is 5.52 Å². The normalized spacial score (nSPS) is 13.6. The van der Waals surface area contributed by atoms with Gasteiger partial charge in [-0.3, -0.25) is 5.10 Å². The number of halogens is 3. The number of carbonyl (C=O) groups excluding carboxylic acids is 1. The highest BCUT2D eigenvalue weighted by molar-refractivity contribution is 7.18. The van der Waals surface area contributed by atoms with Gasteiger partial charge in [-0.1, -0.05) is 41.7 Å². The summed E-state index contributed by atoms with van der Waals surface area (Å²) in [6.45, 7) is 2.23. The standard InChI is InChI=1S/C22H21F3N6O2S/c1-12-15-11-14(7-8-17(15)29-28-12)19-30-31-21(34-19)27-10-9-16(26)18(13-5-3-2-4-6-13)33-20(32)22(23,24)25/h2-8,11,16,18H,9-10,26H2,1H3,(H,27,31)(H,28,29)/t16-,18?/m1/s1. The van der Waals surface area contributed by atoms with Gasteiger partial charge in [-0.05, 0) is 37.1 Å². The first kappa shape index (κ1) is 23.6. The van der Waals surface area contributed by atoms with Gasteiger partial charge in [0.2, 0.25) is 5.13 Å². The number of H-pyrrole nitrogens is 1. The van der Waals surface area contributed by atoms with Crippen molar-refractivity contribution in [3.63, 3.8) is 0 Å². The number of esters is 1. The van der Waals surface area contributed by atoms with Crippen molar-refractivity contribution in [2.24, 2.45) is 5.73 Å². The van der Waals surface area contributed by atoms with Crippen molar-refractivity contribution in [3.05, 3.63) is 59.8 Å². The van der Waals surface area contributed by atoms with Crippen LogP contribution < -0.4 is 11.1 Å². The Hall–Kier alpha value is -3.51. The molecule has 2 heterocycles. The molecule has 2 aromatic carbocycles. The average Bonchev–Trinajstić information content (AvgIpc) is 3.44. The third-order valence-corrected chi connectivity index (χ3v) is 6.08. The summed E-state index contributed by atoms with van der Waals surface area (Å²) in [5, 5.41) is 20.8. The molecule has 178 valence electrons. The van der Waals surface area contributed by atoms with Gasteiger partial charge in [0.1, 0.15) is 11.1 Å². The van der Waals surface area contributed by atoms with Crippen molar-refractivity contribution < 1.29 is 22.7 Å². The lowest BCUT2D eigenvalue weighted by molar-refractivity contribution is -0.206. The van der Waals surface area contributed by atoms with Crippen LogP contribution in [0.2, 0.25) is 0 Å². The summed E-state index contributed by atoms with van der Waals surface area (Å²) in [7, 11) is 0. The zero-order valence-electron chi connectivity index (χ0n) is 18.0. The molecule has 0 bridgehead atoms. The highest BCUT2D eigenvalue weighted by atomic mass is 32.1. The van der Waals surface area contributed by atoms with E-state index in [2.05, 4.69) is 25.7 Å². The quantitative estimate of drug-likeness (QED) is 0.314. The molecular formula is C22H21F3N6O2S. The second-order valence-corrected chi connectivity index (χ2v) is 8.58. The van der Waals surface area contributed by atoms with E-state index in [4.69, 9.17) is 10.5 Å². The molecule has 4 aromatic rings. The molecule has 0 amide bonds. The number of nitrogens with two attached hydrogens (primary N) is 1. The van der Waals surface area contributed by atoms with Gasteiger partial charge in [0, 0.05) is 29.2 Å². The Morgan fingerprint density at radius 3 is 2.71 bits per heavy atom. The molecule has 2 atom stereocenters. The van der Waals surface area contributed by atoms with Gasteiger partial charge in [-0.15, -0.1) is 10.2 Å². The minimum atomic E-state index is -5.11. The van der Waals surface area contributed by atoms with Gasteiger partial charge in [0.25, 0.3) is 0 Å². The number of aryl methyl sites for hydroxylation is 1. The lowest BCUT2D eigenvalue weighted by Gasteiger charge is -2.25. The van der Waals surface area contributed by atoms with Crippen LogP contribution in [0.1, 0.15) is 23.8 Å². The molecule has 0 fully saturated rings. The molecule has 1 unspecified atom stereocenters. The SMILES string of the molecule is Cc1[nH]nc2ccc(-c3nnc(NCC[C@@H](N)C(OC(=O)C(F)(F)F)c4ccccc4)s3)cc12. The fourth-order valence-electron chi connectivity index (χ4n) is 3.41. The zero-order chi connectivity index (χ0) is 24.3. The lowest BCUT2D eigenvalue weighted by atomic mass is 10.0. The third kappa shape index (κ3) is 5.34. The molecule has 0 spiro atoms. The number of hydrogen-bond acceptors (Lipinski definition) is 8. The Bertz CT molecular complexity index is 1270. The van der Waals surface area contributed by atoms with Crippen LogP contribution in [0.15, 0.2) is 48.5 Å². The summed E-state index contributed by atoms with van der Waals surface area (Å²) in [6.07, 6.45) is -6.13. The van der Waals surface area contributed by atoms with Crippen molar-refractivity contribution in [2.45, 2.75) is 31.7 Å². The molecular weight excluding hydrogens is 469 g/mol. The second-order valence-electron chi connectivity index (χ2n) is 7.61. The number of aromatic nitrogens is 4. The van der Waals surface area contributed by atoms with Crippen LogP contribution in [-0.4, -0.2) is 45.1 Å². The number of fused-ring (bicyclic) bond motifs is 1. The fourth-order valence-corrected chi connectivity index (χ4v) is 4.17. The summed E-state index contributed by atoms with van der Waals surface area (Å²) in [5.74, 6) is -2.27. The molecule has 4 rings (SSSR count). The first-order valence-electron chi connectivity index (χ1n) is 10.3. The van der Waals surface area contributed by atoms with E-state index < -0.39 is 24.3 Å². The second kappa shape index (κ2) is 9.77. The number of nitrogens with zero attached hydrogens (tertiary/aromatic N) is 3. The minimum Gasteiger partial charge on any atom is -0.449 e. The highest BCUT2D eigenvalue weighted by Gasteiger charge is 2.43. The predicted octanol–water partition coefficient (Wildman–Crippen LogP) is 4.37. The summed E-state index contributed by atoms with van der Waals surface area (Å²) in [5.41, 5.74) is 9.22. The first-order valence-corrected chi connectivity index (χ1v) is 11.1. The van der Waals surface area contributed by atoms with Crippen molar-refractivity contribution in [3.8, 4) is 10.6 Å². The summed E-state index contributed by atoms with van der Waals surface area (Å²) >= 11 is 1.33. The van der Waals surface area contributed by atoms with E-state index in [9.17, 15) is 18.0 Å². The molecule has 4 N–H and O–H groups in total. The van der Waals surface area contributed by atoms with E-state index in [-0.39, 0.29) is 6.42 Å². The van der Waals surface area contributed by atoms with Crippen LogP contribution in [0.5, 0.6) is 0 Å². The molecule has 2 aromatic heterocycles. The minimum absolute atomic E-state index is 0.222. The Kier molecular flexibility index (Phi) is 6.80. The molecule has 0 saturated heterocycles. The van der Waals surface area contributed by atoms with Gasteiger partial charge < -0.3 is 15.8 Å². The molecule has 8 nitrogen and oxygen atoms in total. The Morgan fingerprint density at radius 2 is 1.97 bits per heavy atom. The molecule has 0 aliphatic rings. The Morgan fingerprint density at radius 1 is 1.21 bits per heavy atom. The van der Waals surface area contributed by atoms with Crippen molar-refractivity contribution in [2.75, 3.05) is 11.9 Å². The first-order chi connectivity index (χ1) is 16.2. The number of benzene rings is 2. The number of hydrogen-bond donors (Lipinski definition) is 3. The van der Waals surface area contributed by atoms with E-state index in [1.54, 1.807) is 30.3 Å². The third-order valence-electron chi connectivity index (χ3n) is 5.15. The van der Waals surface area contributed by atoms with Crippen molar-refractivity contribution >= 4 is 33.3 Å². The molecule has 0 aliphatic heterocycles. The summed E-state index contributed by atoms with van der Waals surface area (Å²) in [4.78, 5) is 11.4. The van der Waals surface area contributed by atoms with E-state index in [0.29, 0.717) is 22.2 Å². The van der Waals surface area contributed by atoms with Crippen molar-refractivity contribution in [1.82, 2.24) is 20.4 Å².